The minimum absolute atomic E-state index is 0.295. The van der Waals surface area contributed by atoms with E-state index in [4.69, 9.17) is 16.3 Å². The van der Waals surface area contributed by atoms with Gasteiger partial charge in [-0.15, -0.1) is 0 Å². The molecule has 0 aliphatic heterocycles. The Morgan fingerprint density at radius 1 is 1.08 bits per heavy atom. The molecule has 3 aromatic rings. The summed E-state index contributed by atoms with van der Waals surface area (Å²) in [5.74, 6) is -0.438. The van der Waals surface area contributed by atoms with Crippen molar-refractivity contribution in [2.24, 2.45) is 0 Å². The Morgan fingerprint density at radius 3 is 2.31 bits per heavy atom. The van der Waals surface area contributed by atoms with E-state index in [1.54, 1.807) is 4.68 Å². The third-order valence-electron chi connectivity index (χ3n) is 6.99. The second kappa shape index (κ2) is 9.32. The number of carboxylic acid groups (broad SMARTS) is 1. The second-order valence-electron chi connectivity index (χ2n) is 9.19. The van der Waals surface area contributed by atoms with Gasteiger partial charge in [0.1, 0.15) is 10.6 Å². The number of hydrogen-bond donors (Lipinski definition) is 2. The zero-order chi connectivity index (χ0) is 25.3. The fourth-order valence-corrected chi connectivity index (χ4v) is 4.70. The average Bonchev–Trinajstić information content (AvgIpc) is 3.64. The summed E-state index contributed by atoms with van der Waals surface area (Å²) in [5.41, 5.74) is 2.11. The molecule has 1 fully saturated rings. The molecular weight excluding hydrogens is 478 g/mol. The zero-order valence-electron chi connectivity index (χ0n) is 19.8. The van der Waals surface area contributed by atoms with E-state index >= 15 is 0 Å². The van der Waals surface area contributed by atoms with Gasteiger partial charge in [-0.1, -0.05) is 73.2 Å². The highest BCUT2D eigenvalue weighted by Crippen LogP contribution is 2.48. The first-order valence-electron chi connectivity index (χ1n) is 11.9. The molecule has 1 heterocycles. The quantitative estimate of drug-likeness (QED) is 0.382. The molecule has 0 bridgehead atoms. The van der Waals surface area contributed by atoms with Crippen LogP contribution in [0.4, 0.5) is 10.6 Å². The molecule has 0 saturated heterocycles. The van der Waals surface area contributed by atoms with Crippen LogP contribution in [-0.4, -0.2) is 32.6 Å². The number of ether oxygens (including phenoxy) is 1. The van der Waals surface area contributed by atoms with Crippen LogP contribution in [0.1, 0.15) is 38.2 Å². The molecule has 2 aliphatic carbocycles. The summed E-state index contributed by atoms with van der Waals surface area (Å²) in [6.07, 6.45) is 11.2. The number of carbonyl (C=O) groups excluding carboxylic acids is 1. The molecule has 8 heteroatoms. The molecular formula is C28H26ClN3O4. The third kappa shape index (κ3) is 4.42. The van der Waals surface area contributed by atoms with Gasteiger partial charge in [0.15, 0.2) is 5.82 Å². The van der Waals surface area contributed by atoms with Gasteiger partial charge < -0.3 is 9.84 Å². The van der Waals surface area contributed by atoms with Crippen LogP contribution in [-0.2, 0) is 14.9 Å². The number of nitrogens with zero attached hydrogens (tertiary/aromatic N) is 2. The number of aromatic nitrogens is 2. The molecule has 2 aliphatic rings. The number of carboxylic acids is 1. The number of anilines is 1. The van der Waals surface area contributed by atoms with Crippen LogP contribution in [0.15, 0.2) is 79.0 Å². The molecule has 2 aromatic carbocycles. The lowest BCUT2D eigenvalue weighted by Crippen LogP contribution is -2.35. The topological polar surface area (TPSA) is 93.5 Å². The maximum absolute atomic E-state index is 12.7. The molecule has 36 heavy (non-hydrogen) atoms. The summed E-state index contributed by atoms with van der Waals surface area (Å²) in [5, 5.41) is 16.9. The van der Waals surface area contributed by atoms with Gasteiger partial charge >= 0.3 is 12.1 Å². The van der Waals surface area contributed by atoms with E-state index in [0.717, 1.165) is 16.7 Å². The first-order valence-corrected chi connectivity index (χ1v) is 12.3. The molecule has 0 unspecified atom stereocenters. The van der Waals surface area contributed by atoms with Crippen molar-refractivity contribution >= 4 is 29.5 Å². The lowest BCUT2D eigenvalue weighted by atomic mass is 9.92. The van der Waals surface area contributed by atoms with Crippen LogP contribution in [0.5, 0.6) is 0 Å². The lowest BCUT2D eigenvalue weighted by molar-refractivity contribution is -0.140. The summed E-state index contributed by atoms with van der Waals surface area (Å²) in [6.45, 7) is 1.97. The zero-order valence-corrected chi connectivity index (χ0v) is 20.5. The van der Waals surface area contributed by atoms with Crippen LogP contribution in [0.3, 0.4) is 0 Å². The monoisotopic (exact) mass is 503 g/mol. The van der Waals surface area contributed by atoms with Gasteiger partial charge in [-0.2, -0.15) is 5.10 Å². The van der Waals surface area contributed by atoms with E-state index in [1.165, 1.54) is 6.20 Å². The average molecular weight is 504 g/mol. The fraction of sp³-hybridized carbons (Fsp3) is 0.250. The van der Waals surface area contributed by atoms with Gasteiger partial charge in [0.25, 0.3) is 0 Å². The van der Waals surface area contributed by atoms with Crippen LogP contribution in [0.2, 0.25) is 5.02 Å². The molecule has 0 radical (unpaired) electrons. The largest absolute Gasteiger partial charge is 0.481 e. The first kappa shape index (κ1) is 23.9. The third-order valence-corrected chi connectivity index (χ3v) is 7.27. The Labute approximate surface area is 214 Å². The molecule has 1 atom stereocenters. The Hall–Kier alpha value is -3.84. The van der Waals surface area contributed by atoms with Crippen molar-refractivity contribution in [2.45, 2.75) is 43.6 Å². The lowest BCUT2D eigenvalue weighted by Gasteiger charge is -2.29. The SMILES string of the molecule is CC[C@]1(OC(=O)Nc2c(Cl)cnn2-c2ccc(-c3ccc(C4(C(=O)O)CC4)cc3)cc2)C=CC=CC1. The first-order chi connectivity index (χ1) is 17.4. The van der Waals surface area contributed by atoms with E-state index < -0.39 is 23.1 Å². The standard InChI is InChI=1S/C28H26ClN3O4/c1-2-27(14-4-3-5-15-27)36-26(35)31-24-23(29)18-30-32(24)22-12-8-20(9-13-22)19-6-10-21(11-7-19)28(16-17-28)25(33)34/h3-14,18H,2,15-17H2,1H3,(H,31,35)(H,33,34)/t27-/m0/s1. The summed E-state index contributed by atoms with van der Waals surface area (Å²) < 4.78 is 7.30. The number of halogens is 1. The Kier molecular flexibility index (Phi) is 6.18. The smallest absolute Gasteiger partial charge is 0.413 e. The van der Waals surface area contributed by atoms with Crippen molar-refractivity contribution in [3.05, 3.63) is 89.6 Å². The summed E-state index contributed by atoms with van der Waals surface area (Å²) in [4.78, 5) is 24.3. The molecule has 1 aromatic heterocycles. The predicted molar refractivity (Wildman–Crippen MR) is 139 cm³/mol. The number of nitrogens with one attached hydrogen (secondary N) is 1. The van der Waals surface area contributed by atoms with Crippen molar-refractivity contribution in [3.8, 4) is 16.8 Å². The molecule has 184 valence electrons. The number of aliphatic carboxylic acids is 1. The number of rotatable bonds is 7. The van der Waals surface area contributed by atoms with Crippen molar-refractivity contribution < 1.29 is 19.4 Å². The number of benzene rings is 2. The van der Waals surface area contributed by atoms with Crippen LogP contribution in [0, 0.1) is 0 Å². The van der Waals surface area contributed by atoms with Gasteiger partial charge in [0.2, 0.25) is 0 Å². The molecule has 5 rings (SSSR count). The molecule has 2 N–H and O–H groups in total. The summed E-state index contributed by atoms with van der Waals surface area (Å²) >= 11 is 6.34. The minimum Gasteiger partial charge on any atom is -0.481 e. The van der Waals surface area contributed by atoms with Crippen molar-refractivity contribution in [3.63, 3.8) is 0 Å². The van der Waals surface area contributed by atoms with Crippen molar-refractivity contribution in [1.29, 1.82) is 0 Å². The van der Waals surface area contributed by atoms with Gasteiger partial charge in [0.05, 0.1) is 17.3 Å². The molecule has 7 nitrogen and oxygen atoms in total. The number of hydrogen-bond acceptors (Lipinski definition) is 4. The van der Waals surface area contributed by atoms with E-state index in [9.17, 15) is 14.7 Å². The van der Waals surface area contributed by atoms with Crippen LogP contribution in [0.25, 0.3) is 16.8 Å². The summed E-state index contributed by atoms with van der Waals surface area (Å²) in [7, 11) is 0. The fourth-order valence-electron chi connectivity index (χ4n) is 4.53. The molecule has 0 spiro atoms. The van der Waals surface area contributed by atoms with Gasteiger partial charge in [0, 0.05) is 6.42 Å². The second-order valence-corrected chi connectivity index (χ2v) is 9.60. The Bertz CT molecular complexity index is 1350. The molecule has 1 amide bonds. The van der Waals surface area contributed by atoms with Gasteiger partial charge in [-0.25, -0.2) is 9.48 Å². The van der Waals surface area contributed by atoms with Gasteiger partial charge in [-0.3, -0.25) is 10.1 Å². The van der Waals surface area contributed by atoms with E-state index in [1.807, 2.05) is 79.8 Å². The highest BCUT2D eigenvalue weighted by atomic mass is 35.5. The number of carbonyl (C=O) groups is 2. The number of amides is 1. The minimum atomic E-state index is -0.761. The van der Waals surface area contributed by atoms with E-state index in [0.29, 0.717) is 42.2 Å². The maximum atomic E-state index is 12.7. The number of allylic oxidation sites excluding steroid dienone is 2. The maximum Gasteiger partial charge on any atom is 0.413 e. The van der Waals surface area contributed by atoms with E-state index in [-0.39, 0.29) is 0 Å². The highest BCUT2D eigenvalue weighted by Gasteiger charge is 2.51. The van der Waals surface area contributed by atoms with Crippen molar-refractivity contribution in [1.82, 2.24) is 9.78 Å². The Morgan fingerprint density at radius 2 is 1.75 bits per heavy atom. The van der Waals surface area contributed by atoms with Gasteiger partial charge in [-0.05, 0) is 54.2 Å². The van der Waals surface area contributed by atoms with Crippen LogP contribution >= 0.6 is 11.6 Å². The van der Waals surface area contributed by atoms with Crippen LogP contribution < -0.4 is 5.32 Å². The van der Waals surface area contributed by atoms with E-state index in [2.05, 4.69) is 10.4 Å². The predicted octanol–water partition coefficient (Wildman–Crippen LogP) is 6.52. The highest BCUT2D eigenvalue weighted by molar-refractivity contribution is 6.33. The van der Waals surface area contributed by atoms with Crippen molar-refractivity contribution in [2.75, 3.05) is 5.32 Å². The summed E-state index contributed by atoms with van der Waals surface area (Å²) in [6, 6.07) is 15.3. The molecule has 1 saturated carbocycles. The Balaban J connectivity index is 1.32. The normalized spacial score (nSPS) is 19.6.